The second kappa shape index (κ2) is 4.96. The number of halogens is 1. The molecule has 0 fully saturated rings. The lowest BCUT2D eigenvalue weighted by atomic mass is 10.2. The van der Waals surface area contributed by atoms with Gasteiger partial charge in [-0.1, -0.05) is 0 Å². The van der Waals surface area contributed by atoms with Gasteiger partial charge in [0.1, 0.15) is 23.0 Å². The monoisotopic (exact) mass is 245 g/mol. The summed E-state index contributed by atoms with van der Waals surface area (Å²) in [5, 5.41) is 0. The third kappa shape index (κ3) is 2.91. The van der Waals surface area contributed by atoms with Gasteiger partial charge in [-0.2, -0.15) is 0 Å². The standard InChI is InChI=1S/C14H12FNO2/c1-9-5-11(15)7-13(6-9)18-12-3-4-14(10(2)17)16-8-12/h3-8H,1-2H3. The Hall–Kier alpha value is -2.23. The van der Waals surface area contributed by atoms with Crippen LogP contribution in [0.4, 0.5) is 4.39 Å². The average Bonchev–Trinajstić information content (AvgIpc) is 2.28. The summed E-state index contributed by atoms with van der Waals surface area (Å²) in [6.07, 6.45) is 1.44. The van der Waals surface area contributed by atoms with Gasteiger partial charge in [-0.05, 0) is 36.8 Å². The van der Waals surface area contributed by atoms with Gasteiger partial charge in [0.2, 0.25) is 0 Å². The summed E-state index contributed by atoms with van der Waals surface area (Å²) in [6, 6.07) is 7.64. The van der Waals surface area contributed by atoms with Crippen LogP contribution in [0, 0.1) is 12.7 Å². The van der Waals surface area contributed by atoms with E-state index in [2.05, 4.69) is 4.98 Å². The zero-order chi connectivity index (χ0) is 13.1. The van der Waals surface area contributed by atoms with Crippen molar-refractivity contribution >= 4 is 5.78 Å². The second-order valence-electron chi connectivity index (χ2n) is 4.00. The normalized spacial score (nSPS) is 10.2. The number of Topliss-reactive ketones (excluding diaryl/α,β-unsaturated/α-hetero) is 1. The highest BCUT2D eigenvalue weighted by Crippen LogP contribution is 2.22. The topological polar surface area (TPSA) is 39.2 Å². The largest absolute Gasteiger partial charge is 0.456 e. The van der Waals surface area contributed by atoms with Crippen molar-refractivity contribution < 1.29 is 13.9 Å². The number of rotatable bonds is 3. The van der Waals surface area contributed by atoms with E-state index in [9.17, 15) is 9.18 Å². The Bertz CT molecular complexity index is 559. The van der Waals surface area contributed by atoms with Gasteiger partial charge in [-0.15, -0.1) is 0 Å². The van der Waals surface area contributed by atoms with E-state index in [0.29, 0.717) is 17.2 Å². The molecular weight excluding hydrogens is 233 g/mol. The van der Waals surface area contributed by atoms with Crippen LogP contribution in [0.15, 0.2) is 36.5 Å². The molecule has 1 aromatic carbocycles. The van der Waals surface area contributed by atoms with Crippen molar-refractivity contribution in [3.63, 3.8) is 0 Å². The number of pyridine rings is 1. The molecule has 2 rings (SSSR count). The van der Waals surface area contributed by atoms with Gasteiger partial charge in [0.15, 0.2) is 5.78 Å². The highest BCUT2D eigenvalue weighted by atomic mass is 19.1. The maximum absolute atomic E-state index is 13.2. The maximum atomic E-state index is 13.2. The summed E-state index contributed by atoms with van der Waals surface area (Å²) >= 11 is 0. The number of ether oxygens (including phenoxy) is 1. The number of aromatic nitrogens is 1. The minimum atomic E-state index is -0.349. The van der Waals surface area contributed by atoms with Gasteiger partial charge in [0.25, 0.3) is 0 Å². The lowest BCUT2D eigenvalue weighted by molar-refractivity contribution is 0.101. The van der Waals surface area contributed by atoms with Gasteiger partial charge in [0.05, 0.1) is 6.20 Å². The van der Waals surface area contributed by atoms with E-state index in [1.807, 2.05) is 0 Å². The number of carbonyl (C=O) groups is 1. The Morgan fingerprint density at radius 3 is 2.56 bits per heavy atom. The molecule has 0 saturated heterocycles. The molecule has 18 heavy (non-hydrogen) atoms. The van der Waals surface area contributed by atoms with E-state index < -0.39 is 0 Å². The van der Waals surface area contributed by atoms with Crippen LogP contribution < -0.4 is 4.74 Å². The Balaban J connectivity index is 2.20. The van der Waals surface area contributed by atoms with E-state index in [1.165, 1.54) is 25.3 Å². The van der Waals surface area contributed by atoms with Crippen LogP contribution in [0.5, 0.6) is 11.5 Å². The van der Waals surface area contributed by atoms with E-state index in [0.717, 1.165) is 5.56 Å². The molecule has 2 aromatic rings. The first-order chi connectivity index (χ1) is 8.54. The molecular formula is C14H12FNO2. The van der Waals surface area contributed by atoms with Crippen molar-refractivity contribution in [2.24, 2.45) is 0 Å². The molecule has 0 aliphatic rings. The van der Waals surface area contributed by atoms with Gasteiger partial charge >= 0.3 is 0 Å². The number of aryl methyl sites for hydroxylation is 1. The molecule has 0 aliphatic heterocycles. The summed E-state index contributed by atoms with van der Waals surface area (Å²) in [4.78, 5) is 15.0. The van der Waals surface area contributed by atoms with E-state index >= 15 is 0 Å². The molecule has 0 saturated carbocycles. The minimum Gasteiger partial charge on any atom is -0.456 e. The number of carbonyl (C=O) groups excluding carboxylic acids is 1. The summed E-state index contributed by atoms with van der Waals surface area (Å²) in [5.41, 5.74) is 1.15. The highest BCUT2D eigenvalue weighted by Gasteiger charge is 2.04. The zero-order valence-corrected chi connectivity index (χ0v) is 10.1. The third-order valence-corrected chi connectivity index (χ3v) is 2.35. The molecule has 1 aromatic heterocycles. The van der Waals surface area contributed by atoms with Crippen LogP contribution in [-0.4, -0.2) is 10.8 Å². The molecule has 0 bridgehead atoms. The van der Waals surface area contributed by atoms with Crippen molar-refractivity contribution in [3.8, 4) is 11.5 Å². The fraction of sp³-hybridized carbons (Fsp3) is 0.143. The molecule has 0 amide bonds. The molecule has 0 spiro atoms. The van der Waals surface area contributed by atoms with Crippen molar-refractivity contribution in [1.82, 2.24) is 4.98 Å². The van der Waals surface area contributed by atoms with Crippen LogP contribution in [-0.2, 0) is 0 Å². The average molecular weight is 245 g/mol. The van der Waals surface area contributed by atoms with Gasteiger partial charge in [-0.3, -0.25) is 4.79 Å². The first kappa shape index (κ1) is 12.2. The molecule has 1 heterocycles. The zero-order valence-electron chi connectivity index (χ0n) is 10.1. The SMILES string of the molecule is CC(=O)c1ccc(Oc2cc(C)cc(F)c2)cn1. The number of nitrogens with zero attached hydrogens (tertiary/aromatic N) is 1. The summed E-state index contributed by atoms with van der Waals surface area (Å²) in [5.74, 6) is 0.413. The fourth-order valence-corrected chi connectivity index (χ4v) is 1.55. The molecule has 92 valence electrons. The third-order valence-electron chi connectivity index (χ3n) is 2.35. The number of ketones is 1. The molecule has 3 nitrogen and oxygen atoms in total. The molecule has 0 N–H and O–H groups in total. The number of benzene rings is 1. The van der Waals surface area contributed by atoms with E-state index in [1.54, 1.807) is 25.1 Å². The van der Waals surface area contributed by atoms with E-state index in [4.69, 9.17) is 4.74 Å². The Morgan fingerprint density at radius 1 is 1.22 bits per heavy atom. The number of hydrogen-bond acceptors (Lipinski definition) is 3. The minimum absolute atomic E-state index is 0.108. The number of hydrogen-bond donors (Lipinski definition) is 0. The van der Waals surface area contributed by atoms with Crippen LogP contribution in [0.25, 0.3) is 0 Å². The van der Waals surface area contributed by atoms with Crippen LogP contribution >= 0.6 is 0 Å². The smallest absolute Gasteiger partial charge is 0.178 e. The van der Waals surface area contributed by atoms with Crippen LogP contribution in [0.3, 0.4) is 0 Å². The molecule has 0 radical (unpaired) electrons. The lowest BCUT2D eigenvalue weighted by Gasteiger charge is -2.06. The summed E-state index contributed by atoms with van der Waals surface area (Å²) in [6.45, 7) is 3.23. The quantitative estimate of drug-likeness (QED) is 0.776. The van der Waals surface area contributed by atoms with Crippen molar-refractivity contribution in [2.75, 3.05) is 0 Å². The molecule has 4 heteroatoms. The van der Waals surface area contributed by atoms with Crippen LogP contribution in [0.1, 0.15) is 23.0 Å². The van der Waals surface area contributed by atoms with Gasteiger partial charge in [-0.25, -0.2) is 9.37 Å². The molecule has 0 aliphatic carbocycles. The highest BCUT2D eigenvalue weighted by molar-refractivity contribution is 5.92. The Labute approximate surface area is 104 Å². The first-order valence-electron chi connectivity index (χ1n) is 5.46. The molecule has 0 unspecified atom stereocenters. The van der Waals surface area contributed by atoms with E-state index in [-0.39, 0.29) is 11.6 Å². The van der Waals surface area contributed by atoms with Crippen LogP contribution in [0.2, 0.25) is 0 Å². The first-order valence-corrected chi connectivity index (χ1v) is 5.46. The Morgan fingerprint density at radius 2 is 2.00 bits per heavy atom. The van der Waals surface area contributed by atoms with Crippen molar-refractivity contribution in [2.45, 2.75) is 13.8 Å². The second-order valence-corrected chi connectivity index (χ2v) is 4.00. The summed E-state index contributed by atoms with van der Waals surface area (Å²) in [7, 11) is 0. The fourth-order valence-electron chi connectivity index (χ4n) is 1.55. The van der Waals surface area contributed by atoms with Crippen molar-refractivity contribution in [1.29, 1.82) is 0 Å². The predicted molar refractivity (Wildman–Crippen MR) is 65.5 cm³/mol. The van der Waals surface area contributed by atoms with Crippen molar-refractivity contribution in [3.05, 3.63) is 53.6 Å². The summed E-state index contributed by atoms with van der Waals surface area (Å²) < 4.78 is 18.6. The van der Waals surface area contributed by atoms with Gasteiger partial charge < -0.3 is 4.74 Å². The molecule has 0 atom stereocenters. The Kier molecular flexibility index (Phi) is 3.37. The van der Waals surface area contributed by atoms with Gasteiger partial charge in [0, 0.05) is 13.0 Å². The predicted octanol–water partition coefficient (Wildman–Crippen LogP) is 3.52. The lowest BCUT2D eigenvalue weighted by Crippen LogP contribution is -1.96. The maximum Gasteiger partial charge on any atom is 0.178 e.